The molecule has 0 spiro atoms. The Bertz CT molecular complexity index is 641. The maximum Gasteiger partial charge on any atom is 0.136 e. The number of allylic oxidation sites excluding steroid dienone is 2. The van der Waals surface area contributed by atoms with E-state index in [9.17, 15) is 9.90 Å². The van der Waals surface area contributed by atoms with Crippen LogP contribution in [-0.4, -0.2) is 16.5 Å². The van der Waals surface area contributed by atoms with Gasteiger partial charge >= 0.3 is 0 Å². The van der Waals surface area contributed by atoms with Gasteiger partial charge in [0.05, 0.1) is 5.60 Å². The summed E-state index contributed by atoms with van der Waals surface area (Å²) in [6.45, 7) is 9.00. The van der Waals surface area contributed by atoms with Crippen LogP contribution < -0.4 is 0 Å². The lowest BCUT2D eigenvalue weighted by atomic mass is 9.48. The molecule has 0 aromatic rings. The highest BCUT2D eigenvalue weighted by Crippen LogP contribution is 2.66. The van der Waals surface area contributed by atoms with Gasteiger partial charge in [0.15, 0.2) is 0 Å². The van der Waals surface area contributed by atoms with Crippen molar-refractivity contribution < 1.29 is 9.90 Å². The SMILES string of the molecule is CC(C)(O)CCCC1CCC2[C@@H]3CC=C4CC(=O)CCC[C@]4(C)C3CC[C@]12C. The summed E-state index contributed by atoms with van der Waals surface area (Å²) in [7, 11) is 0. The number of Topliss-reactive ketones (excluding diaryl/α,β-unsaturated/α-hetero) is 1. The standard InChI is InChI=1S/C26H42O2/c1-24(2,28)14-5-7-18-10-12-22-21-11-9-19-17-20(27)8-6-15-25(19,3)23(21)13-16-26(18,22)4/h9,18,21-23,28H,5-8,10-17H2,1-4H3/t18?,21-,22?,23?,25-,26+/m0/s1. The van der Waals surface area contributed by atoms with Gasteiger partial charge < -0.3 is 5.11 Å². The molecule has 0 amide bonds. The van der Waals surface area contributed by atoms with Crippen LogP contribution in [0.25, 0.3) is 0 Å². The quantitative estimate of drug-likeness (QED) is 0.562. The van der Waals surface area contributed by atoms with E-state index in [-0.39, 0.29) is 5.41 Å². The first-order chi connectivity index (χ1) is 13.1. The van der Waals surface area contributed by atoms with Gasteiger partial charge in [-0.3, -0.25) is 4.79 Å². The predicted molar refractivity (Wildman–Crippen MR) is 115 cm³/mol. The Morgan fingerprint density at radius 3 is 2.68 bits per heavy atom. The molecule has 0 aromatic heterocycles. The molecule has 4 rings (SSSR count). The Morgan fingerprint density at radius 1 is 1.14 bits per heavy atom. The van der Waals surface area contributed by atoms with Crippen molar-refractivity contribution in [2.24, 2.45) is 34.5 Å². The molecule has 1 N–H and O–H groups in total. The number of hydrogen-bond acceptors (Lipinski definition) is 2. The minimum absolute atomic E-state index is 0.287. The van der Waals surface area contributed by atoms with Gasteiger partial charge in [-0.2, -0.15) is 0 Å². The average molecular weight is 387 g/mol. The maximum absolute atomic E-state index is 12.2. The van der Waals surface area contributed by atoms with E-state index >= 15 is 0 Å². The summed E-state index contributed by atoms with van der Waals surface area (Å²) >= 11 is 0. The first kappa shape index (κ1) is 20.6. The van der Waals surface area contributed by atoms with E-state index in [0.29, 0.717) is 11.2 Å². The van der Waals surface area contributed by atoms with Gasteiger partial charge in [0.2, 0.25) is 0 Å². The lowest BCUT2D eigenvalue weighted by Crippen LogP contribution is -2.48. The monoisotopic (exact) mass is 386 g/mol. The lowest BCUT2D eigenvalue weighted by Gasteiger charge is -2.56. The maximum atomic E-state index is 12.2. The predicted octanol–water partition coefficient (Wildman–Crippen LogP) is 6.47. The van der Waals surface area contributed by atoms with Gasteiger partial charge in [0, 0.05) is 12.8 Å². The third-order valence-electron chi connectivity index (χ3n) is 9.70. The van der Waals surface area contributed by atoms with Gasteiger partial charge in [-0.1, -0.05) is 31.9 Å². The molecule has 0 radical (unpaired) electrons. The zero-order valence-electron chi connectivity index (χ0n) is 18.7. The zero-order valence-corrected chi connectivity index (χ0v) is 18.7. The van der Waals surface area contributed by atoms with Gasteiger partial charge in [-0.25, -0.2) is 0 Å². The average Bonchev–Trinajstić information content (AvgIpc) is 2.84. The molecule has 3 saturated carbocycles. The molecule has 0 bridgehead atoms. The Morgan fingerprint density at radius 2 is 1.93 bits per heavy atom. The second-order valence-electron chi connectivity index (χ2n) is 11.9. The van der Waals surface area contributed by atoms with Crippen molar-refractivity contribution in [3.8, 4) is 0 Å². The molecule has 0 heterocycles. The van der Waals surface area contributed by atoms with Crippen molar-refractivity contribution in [1.29, 1.82) is 0 Å². The molecule has 4 aliphatic carbocycles. The van der Waals surface area contributed by atoms with Crippen molar-refractivity contribution >= 4 is 5.78 Å². The first-order valence-corrected chi connectivity index (χ1v) is 12.1. The summed E-state index contributed by atoms with van der Waals surface area (Å²) in [5.41, 5.74) is 1.77. The molecule has 158 valence electrons. The molecule has 0 saturated heterocycles. The second kappa shape index (κ2) is 7.25. The molecule has 2 heteroatoms. The van der Waals surface area contributed by atoms with Crippen LogP contribution in [0.1, 0.15) is 105 Å². The largest absolute Gasteiger partial charge is 0.390 e. The summed E-state index contributed by atoms with van der Waals surface area (Å²) in [4.78, 5) is 12.2. The van der Waals surface area contributed by atoms with Crippen LogP contribution in [0.2, 0.25) is 0 Å². The van der Waals surface area contributed by atoms with Crippen molar-refractivity contribution in [2.45, 2.75) is 110 Å². The molecule has 3 unspecified atom stereocenters. The number of rotatable bonds is 4. The fraction of sp³-hybridized carbons (Fsp3) is 0.885. The van der Waals surface area contributed by atoms with E-state index in [2.05, 4.69) is 19.9 Å². The summed E-state index contributed by atoms with van der Waals surface area (Å²) < 4.78 is 0. The number of hydrogen-bond donors (Lipinski definition) is 1. The highest BCUT2D eigenvalue weighted by atomic mass is 16.3. The molecule has 3 fully saturated rings. The first-order valence-electron chi connectivity index (χ1n) is 12.1. The van der Waals surface area contributed by atoms with Gasteiger partial charge in [-0.05, 0) is 106 Å². The zero-order chi connectivity index (χ0) is 20.2. The number of carbonyl (C=O) groups is 1. The van der Waals surface area contributed by atoms with Crippen molar-refractivity contribution in [3.05, 3.63) is 11.6 Å². The van der Waals surface area contributed by atoms with Crippen LogP contribution in [0.15, 0.2) is 11.6 Å². The molecule has 6 atom stereocenters. The van der Waals surface area contributed by atoms with Crippen LogP contribution in [0.3, 0.4) is 0 Å². The Balaban J connectivity index is 1.51. The molecule has 2 nitrogen and oxygen atoms in total. The van der Waals surface area contributed by atoms with Crippen molar-refractivity contribution in [1.82, 2.24) is 0 Å². The number of aliphatic hydroxyl groups is 1. The van der Waals surface area contributed by atoms with Gasteiger partial charge in [-0.15, -0.1) is 0 Å². The van der Waals surface area contributed by atoms with E-state index in [4.69, 9.17) is 0 Å². The highest BCUT2D eigenvalue weighted by molar-refractivity contribution is 5.81. The Kier molecular flexibility index (Phi) is 5.35. The topological polar surface area (TPSA) is 37.3 Å². The van der Waals surface area contributed by atoms with E-state index < -0.39 is 5.60 Å². The molecule has 0 aliphatic heterocycles. The van der Waals surface area contributed by atoms with E-state index in [1.54, 1.807) is 0 Å². The van der Waals surface area contributed by atoms with Crippen LogP contribution in [0.5, 0.6) is 0 Å². The fourth-order valence-electron chi connectivity index (χ4n) is 8.09. The number of ketones is 1. The van der Waals surface area contributed by atoms with Crippen LogP contribution in [-0.2, 0) is 4.79 Å². The van der Waals surface area contributed by atoms with E-state index in [1.165, 1.54) is 50.5 Å². The van der Waals surface area contributed by atoms with Gasteiger partial charge in [0.1, 0.15) is 5.78 Å². The molecule has 28 heavy (non-hydrogen) atoms. The van der Waals surface area contributed by atoms with Crippen molar-refractivity contribution in [3.63, 3.8) is 0 Å². The summed E-state index contributed by atoms with van der Waals surface area (Å²) in [6, 6.07) is 0. The minimum Gasteiger partial charge on any atom is -0.390 e. The molecular weight excluding hydrogens is 344 g/mol. The van der Waals surface area contributed by atoms with Gasteiger partial charge in [0.25, 0.3) is 0 Å². The summed E-state index contributed by atoms with van der Waals surface area (Å²) in [6.07, 6.45) is 16.5. The molecular formula is C26H42O2. The molecule has 4 aliphatic rings. The highest BCUT2D eigenvalue weighted by Gasteiger charge is 2.57. The number of carbonyl (C=O) groups excluding carboxylic acids is 1. The lowest BCUT2D eigenvalue weighted by molar-refractivity contribution is -0.118. The normalized spacial score (nSPS) is 43.6. The number of fused-ring (bicyclic) bond motifs is 5. The summed E-state index contributed by atoms with van der Waals surface area (Å²) in [5, 5.41) is 10.1. The third-order valence-corrected chi connectivity index (χ3v) is 9.70. The third kappa shape index (κ3) is 3.53. The minimum atomic E-state index is -0.521. The van der Waals surface area contributed by atoms with Crippen LogP contribution >= 0.6 is 0 Å². The van der Waals surface area contributed by atoms with Crippen LogP contribution in [0.4, 0.5) is 0 Å². The molecule has 0 aromatic carbocycles. The Hall–Kier alpha value is -0.630. The van der Waals surface area contributed by atoms with E-state index in [0.717, 1.165) is 55.8 Å². The Labute approximate surface area is 172 Å². The fourth-order valence-corrected chi connectivity index (χ4v) is 8.09. The van der Waals surface area contributed by atoms with Crippen molar-refractivity contribution in [2.75, 3.05) is 0 Å². The summed E-state index contributed by atoms with van der Waals surface area (Å²) in [5.74, 6) is 3.81. The van der Waals surface area contributed by atoms with Crippen LogP contribution in [0, 0.1) is 34.5 Å². The second-order valence-corrected chi connectivity index (χ2v) is 11.9. The smallest absolute Gasteiger partial charge is 0.136 e. The van der Waals surface area contributed by atoms with E-state index in [1.807, 2.05) is 13.8 Å².